The minimum Gasteiger partial charge on any atom is -0.394 e. The summed E-state index contributed by atoms with van der Waals surface area (Å²) in [6.07, 6.45) is 5.61. The van der Waals surface area contributed by atoms with Crippen LogP contribution in [0.4, 0.5) is 0 Å². The van der Waals surface area contributed by atoms with Crippen molar-refractivity contribution < 1.29 is 30.3 Å². The zero-order valence-corrected chi connectivity index (χ0v) is 21.2. The van der Waals surface area contributed by atoms with Crippen LogP contribution in [0.2, 0.25) is 0 Å². The summed E-state index contributed by atoms with van der Waals surface area (Å²) in [4.78, 5) is 11.9. The predicted molar refractivity (Wildman–Crippen MR) is 129 cm³/mol. The van der Waals surface area contributed by atoms with Crippen molar-refractivity contribution >= 4 is 5.78 Å². The molecule has 0 aromatic heterocycles. The molecule has 4 unspecified atom stereocenters. The zero-order valence-electron chi connectivity index (χ0n) is 21.2. The number of aliphatic hydroxyl groups excluding tert-OH is 5. The van der Waals surface area contributed by atoms with Gasteiger partial charge in [-0.2, -0.15) is 0 Å². The van der Waals surface area contributed by atoms with Gasteiger partial charge in [-0.25, -0.2) is 0 Å². The van der Waals surface area contributed by atoms with Crippen LogP contribution in [0.5, 0.6) is 0 Å². The monoisotopic (exact) mass is 460 g/mol. The van der Waals surface area contributed by atoms with Gasteiger partial charge in [0, 0.05) is 0 Å². The molecule has 32 heavy (non-hydrogen) atoms. The highest BCUT2D eigenvalue weighted by Gasteiger charge is 2.33. The van der Waals surface area contributed by atoms with Gasteiger partial charge in [-0.15, -0.1) is 0 Å². The average molecular weight is 461 g/mol. The molecule has 192 valence electrons. The maximum absolute atomic E-state index is 11.9. The first-order valence-corrected chi connectivity index (χ1v) is 12.9. The third-order valence-electron chi connectivity index (χ3n) is 6.72. The number of Topliss-reactive ketones (excluding diaryl/α,β-unsaturated/α-hetero) is 1. The number of rotatable bonds is 20. The van der Waals surface area contributed by atoms with Crippen LogP contribution in [0, 0.1) is 23.7 Å². The highest BCUT2D eigenvalue weighted by Crippen LogP contribution is 2.23. The SMILES string of the molecule is CC(C)CCCC(C)CCCC(C)CCCC(C)CCC(O)[C@H](O)C(=O)[C@H](O)[C@H](O)CO. The molecular formula is C26H52O6. The third kappa shape index (κ3) is 14.6. The fourth-order valence-electron chi connectivity index (χ4n) is 4.20. The zero-order chi connectivity index (χ0) is 24.7. The van der Waals surface area contributed by atoms with Crippen LogP contribution < -0.4 is 0 Å². The van der Waals surface area contributed by atoms with E-state index in [-0.39, 0.29) is 6.42 Å². The molecule has 0 aliphatic rings. The maximum Gasteiger partial charge on any atom is 0.195 e. The molecule has 0 heterocycles. The van der Waals surface area contributed by atoms with Gasteiger partial charge in [-0.05, 0) is 36.5 Å². The van der Waals surface area contributed by atoms with Gasteiger partial charge < -0.3 is 25.5 Å². The highest BCUT2D eigenvalue weighted by molar-refractivity contribution is 5.88. The molecule has 6 nitrogen and oxygen atoms in total. The Balaban J connectivity index is 3.95. The van der Waals surface area contributed by atoms with Gasteiger partial charge in [-0.1, -0.05) is 92.4 Å². The molecule has 0 aliphatic heterocycles. The van der Waals surface area contributed by atoms with Crippen LogP contribution >= 0.6 is 0 Å². The second-order valence-electron chi connectivity index (χ2n) is 10.7. The van der Waals surface area contributed by atoms with Crippen LogP contribution in [0.3, 0.4) is 0 Å². The summed E-state index contributed by atoms with van der Waals surface area (Å²) in [6, 6.07) is 0. The van der Waals surface area contributed by atoms with Crippen LogP contribution in [0.25, 0.3) is 0 Å². The van der Waals surface area contributed by atoms with Gasteiger partial charge in [0.25, 0.3) is 0 Å². The molecule has 0 radical (unpaired) electrons. The molecule has 7 atom stereocenters. The van der Waals surface area contributed by atoms with E-state index in [0.29, 0.717) is 12.3 Å². The van der Waals surface area contributed by atoms with Gasteiger partial charge in [0.05, 0.1) is 12.7 Å². The Kier molecular flexibility index (Phi) is 17.6. The first-order valence-electron chi connectivity index (χ1n) is 12.9. The molecule has 0 bridgehead atoms. The van der Waals surface area contributed by atoms with E-state index < -0.39 is 36.8 Å². The van der Waals surface area contributed by atoms with Crippen molar-refractivity contribution in [1.29, 1.82) is 0 Å². The van der Waals surface area contributed by atoms with E-state index in [9.17, 15) is 25.2 Å². The maximum atomic E-state index is 11.9. The lowest BCUT2D eigenvalue weighted by atomic mass is 9.89. The van der Waals surface area contributed by atoms with E-state index in [0.717, 1.165) is 30.6 Å². The van der Waals surface area contributed by atoms with Gasteiger partial charge in [-0.3, -0.25) is 4.79 Å². The van der Waals surface area contributed by atoms with Crippen molar-refractivity contribution in [3.63, 3.8) is 0 Å². The molecule has 0 rings (SSSR count). The Morgan fingerprint density at radius 3 is 1.34 bits per heavy atom. The van der Waals surface area contributed by atoms with Crippen molar-refractivity contribution in [2.45, 2.75) is 130 Å². The van der Waals surface area contributed by atoms with Crippen molar-refractivity contribution in [1.82, 2.24) is 0 Å². The Bertz CT molecular complexity index is 469. The molecule has 0 fully saturated rings. The number of carbonyl (C=O) groups is 1. The van der Waals surface area contributed by atoms with Gasteiger partial charge in [0.15, 0.2) is 5.78 Å². The molecule has 0 amide bonds. The molecule has 0 saturated heterocycles. The summed E-state index contributed by atoms with van der Waals surface area (Å²) in [5, 5.41) is 47.6. The van der Waals surface area contributed by atoms with E-state index >= 15 is 0 Å². The number of ketones is 1. The molecule has 0 aromatic carbocycles. The second kappa shape index (κ2) is 17.9. The molecule has 0 aliphatic carbocycles. The predicted octanol–water partition coefficient (Wildman–Crippen LogP) is 3.85. The molecule has 0 saturated carbocycles. The molecule has 0 spiro atoms. The van der Waals surface area contributed by atoms with E-state index in [1.54, 1.807) is 0 Å². The molecule has 5 N–H and O–H groups in total. The summed E-state index contributed by atoms with van der Waals surface area (Å²) in [5.74, 6) is 1.65. The molecular weight excluding hydrogens is 408 g/mol. The van der Waals surface area contributed by atoms with Crippen LogP contribution in [0.15, 0.2) is 0 Å². The summed E-state index contributed by atoms with van der Waals surface area (Å²) < 4.78 is 0. The quantitative estimate of drug-likeness (QED) is 0.188. The first kappa shape index (κ1) is 31.5. The summed E-state index contributed by atoms with van der Waals surface area (Å²) in [7, 11) is 0. The lowest BCUT2D eigenvalue weighted by Gasteiger charge is -2.22. The highest BCUT2D eigenvalue weighted by atomic mass is 16.4. The number of hydrogen-bond donors (Lipinski definition) is 5. The van der Waals surface area contributed by atoms with Gasteiger partial charge in [0.2, 0.25) is 0 Å². The van der Waals surface area contributed by atoms with Crippen LogP contribution in [-0.2, 0) is 4.79 Å². The Morgan fingerprint density at radius 1 is 0.562 bits per heavy atom. The second-order valence-corrected chi connectivity index (χ2v) is 10.7. The van der Waals surface area contributed by atoms with E-state index in [1.165, 1.54) is 44.9 Å². The van der Waals surface area contributed by atoms with Crippen LogP contribution in [-0.4, -0.2) is 62.3 Å². The minimum absolute atomic E-state index is 0.250. The van der Waals surface area contributed by atoms with E-state index in [2.05, 4.69) is 34.6 Å². The van der Waals surface area contributed by atoms with E-state index in [1.807, 2.05) is 0 Å². The fraction of sp³-hybridized carbons (Fsp3) is 0.962. The summed E-state index contributed by atoms with van der Waals surface area (Å²) >= 11 is 0. The Morgan fingerprint density at radius 2 is 0.938 bits per heavy atom. The summed E-state index contributed by atoms with van der Waals surface area (Å²) in [6.45, 7) is 10.6. The van der Waals surface area contributed by atoms with Gasteiger partial charge >= 0.3 is 0 Å². The Hall–Kier alpha value is -0.530. The largest absolute Gasteiger partial charge is 0.394 e. The van der Waals surface area contributed by atoms with Crippen LogP contribution in [0.1, 0.15) is 105 Å². The standard InChI is InChI=1S/C26H52O6/c1-18(2)9-6-10-19(3)11-7-12-20(4)13-8-14-21(5)15-16-22(28)24(30)26(32)25(31)23(29)17-27/h18-25,27-31H,6-17H2,1-5H3/t19?,20?,21?,22?,23-,24+,25-/m1/s1. The fourth-order valence-corrected chi connectivity index (χ4v) is 4.20. The van der Waals surface area contributed by atoms with Crippen molar-refractivity contribution in [2.24, 2.45) is 23.7 Å². The normalized spacial score (nSPS) is 18.7. The molecule has 6 heteroatoms. The molecule has 0 aromatic rings. The first-order chi connectivity index (χ1) is 15.0. The topological polar surface area (TPSA) is 118 Å². The van der Waals surface area contributed by atoms with Crippen molar-refractivity contribution in [3.05, 3.63) is 0 Å². The lowest BCUT2D eigenvalue weighted by Crippen LogP contribution is -2.46. The van der Waals surface area contributed by atoms with E-state index in [4.69, 9.17) is 5.11 Å². The Labute approximate surface area is 196 Å². The van der Waals surface area contributed by atoms with Gasteiger partial charge in [0.1, 0.15) is 18.3 Å². The number of hydrogen-bond acceptors (Lipinski definition) is 6. The van der Waals surface area contributed by atoms with Crippen molar-refractivity contribution in [2.75, 3.05) is 6.61 Å². The average Bonchev–Trinajstić information content (AvgIpc) is 2.74. The summed E-state index contributed by atoms with van der Waals surface area (Å²) in [5.41, 5.74) is 0. The number of carbonyl (C=O) groups excluding carboxylic acids is 1. The van der Waals surface area contributed by atoms with Crippen molar-refractivity contribution in [3.8, 4) is 0 Å². The lowest BCUT2D eigenvalue weighted by molar-refractivity contribution is -0.149. The minimum atomic E-state index is -1.90. The smallest absolute Gasteiger partial charge is 0.195 e. The third-order valence-corrected chi connectivity index (χ3v) is 6.72. The number of aliphatic hydroxyl groups is 5.